The molecule has 2 amide bonds. The smallest absolute Gasteiger partial charge is 0.490 e. The number of carbonyl (C=O) groups is 2. The van der Waals surface area contributed by atoms with Crippen LogP contribution in [0.4, 0.5) is 0 Å². The summed E-state index contributed by atoms with van der Waals surface area (Å²) in [5.41, 5.74) is 5.24. The molecule has 0 aromatic heterocycles. The van der Waals surface area contributed by atoms with Crippen molar-refractivity contribution in [2.75, 3.05) is 13.2 Å². The number of allylic oxidation sites excluding steroid dienone is 1. The van der Waals surface area contributed by atoms with E-state index < -0.39 is 66.1 Å². The molecule has 0 spiro atoms. The largest absolute Gasteiger partial charge is 0.494 e. The fraction of sp³-hybridized carbons (Fsp3) is 0.438. The van der Waals surface area contributed by atoms with E-state index in [-0.39, 0.29) is 18.5 Å². The summed E-state index contributed by atoms with van der Waals surface area (Å²) in [6.45, 7) is -0.908. The molecule has 2 aliphatic rings. The minimum absolute atomic E-state index is 0.0486. The zero-order valence-corrected chi connectivity index (χ0v) is 20.6. The Balaban J connectivity index is 2.18. The van der Waals surface area contributed by atoms with Crippen LogP contribution in [0, 0.1) is 29.1 Å². The number of nitrogens with one attached hydrogen (secondary N) is 1. The van der Waals surface area contributed by atoms with Gasteiger partial charge in [-0.2, -0.15) is 13.9 Å². The van der Waals surface area contributed by atoms with E-state index in [1.54, 1.807) is 6.07 Å². The predicted octanol–water partition coefficient (Wildman–Crippen LogP) is -0.929. The van der Waals surface area contributed by atoms with Gasteiger partial charge < -0.3 is 34.8 Å². The van der Waals surface area contributed by atoms with E-state index >= 15 is 0 Å². The van der Waals surface area contributed by atoms with Gasteiger partial charge in [-0.15, -0.1) is 0 Å². The normalized spacial score (nSPS) is 27.7. The summed E-state index contributed by atoms with van der Waals surface area (Å²) in [7, 11) is -16.8. The number of ether oxygens (including phenoxy) is 2. The van der Waals surface area contributed by atoms with Gasteiger partial charge in [0.05, 0.1) is 49.2 Å². The molecule has 36 heavy (non-hydrogen) atoms. The fourth-order valence-electron chi connectivity index (χ4n) is 3.03. The predicted molar refractivity (Wildman–Crippen MR) is 114 cm³/mol. The molecule has 1 saturated heterocycles. The average molecular weight is 571 g/mol. The van der Waals surface area contributed by atoms with E-state index in [4.69, 9.17) is 30.3 Å². The molecule has 6 atom stereocenters. The topological polar surface area (TPSA) is 274 Å². The van der Waals surface area contributed by atoms with Crippen LogP contribution in [0.25, 0.3) is 0 Å². The van der Waals surface area contributed by atoms with E-state index in [1.165, 1.54) is 6.08 Å². The van der Waals surface area contributed by atoms with Gasteiger partial charge in [0.15, 0.2) is 0 Å². The molecule has 0 saturated carbocycles. The number of carbonyl (C=O) groups excluding carboxylic acids is 2. The van der Waals surface area contributed by atoms with Crippen molar-refractivity contribution in [2.24, 2.45) is 11.7 Å². The van der Waals surface area contributed by atoms with Gasteiger partial charge in [0.25, 0.3) is 5.91 Å². The molecule has 0 aromatic carbocycles. The molecule has 0 bridgehead atoms. The van der Waals surface area contributed by atoms with E-state index in [1.807, 2.05) is 0 Å². The van der Waals surface area contributed by atoms with Crippen LogP contribution in [-0.4, -0.2) is 62.9 Å². The van der Waals surface area contributed by atoms with Crippen LogP contribution >= 0.6 is 23.5 Å². The van der Waals surface area contributed by atoms with E-state index in [0.29, 0.717) is 0 Å². The summed E-state index contributed by atoms with van der Waals surface area (Å²) >= 11 is 0. The molecule has 0 radical (unpaired) electrons. The van der Waals surface area contributed by atoms with Crippen LogP contribution in [-0.2, 0) is 45.9 Å². The number of nitriles is 1. The second-order valence-electron chi connectivity index (χ2n) is 6.87. The summed E-state index contributed by atoms with van der Waals surface area (Å²) in [6, 6.07) is 1.66. The number of phosphoric ester groups is 1. The highest BCUT2D eigenvalue weighted by molar-refractivity contribution is 7.66. The van der Waals surface area contributed by atoms with Gasteiger partial charge in [0, 0.05) is 6.42 Å². The molecular formula is C16H20N3O14P3. The molecule has 2 rings (SSSR count). The zero-order valence-electron chi connectivity index (χ0n) is 17.9. The maximum absolute atomic E-state index is 12.4. The second kappa shape index (κ2) is 12.4. The molecule has 7 N–H and O–H groups in total. The summed E-state index contributed by atoms with van der Waals surface area (Å²) in [6.07, 6.45) is -0.0824. The summed E-state index contributed by atoms with van der Waals surface area (Å²) in [4.78, 5) is 60.4. The second-order valence-corrected chi connectivity index (χ2v) is 11.3. The Morgan fingerprint density at radius 2 is 1.89 bits per heavy atom. The molecule has 2 aliphatic heterocycles. The fourth-order valence-corrected chi connectivity index (χ4v) is 6.06. The number of hydrogen-bond acceptors (Lipinski definition) is 12. The van der Waals surface area contributed by atoms with Crippen molar-refractivity contribution in [1.29, 1.82) is 5.26 Å². The van der Waals surface area contributed by atoms with Crippen molar-refractivity contribution in [2.45, 2.75) is 24.7 Å². The summed E-state index contributed by atoms with van der Waals surface area (Å²) in [5.74, 6) is 2.44. The lowest BCUT2D eigenvalue weighted by Crippen LogP contribution is -2.44. The van der Waals surface area contributed by atoms with Gasteiger partial charge in [0.2, 0.25) is 5.91 Å². The van der Waals surface area contributed by atoms with E-state index in [0.717, 1.165) is 12.3 Å². The molecule has 198 valence electrons. The minimum atomic E-state index is -5.73. The number of amides is 2. The summed E-state index contributed by atoms with van der Waals surface area (Å²) in [5, 5.41) is 10.7. The van der Waals surface area contributed by atoms with E-state index in [2.05, 4.69) is 30.3 Å². The first-order chi connectivity index (χ1) is 16.7. The highest BCUT2D eigenvalue weighted by Crippen LogP contribution is 2.66. The van der Waals surface area contributed by atoms with Crippen molar-refractivity contribution < 1.29 is 65.5 Å². The number of rotatable bonds is 10. The molecule has 2 heterocycles. The molecular weight excluding hydrogens is 551 g/mol. The van der Waals surface area contributed by atoms with Gasteiger partial charge in [-0.1, -0.05) is 11.8 Å². The van der Waals surface area contributed by atoms with Crippen LogP contribution in [0.5, 0.6) is 0 Å². The Morgan fingerprint density at radius 3 is 2.50 bits per heavy atom. The first kappa shape index (κ1) is 30.0. The van der Waals surface area contributed by atoms with Crippen LogP contribution in [0.1, 0.15) is 6.42 Å². The monoisotopic (exact) mass is 571 g/mol. The van der Waals surface area contributed by atoms with Crippen LogP contribution in [0.2, 0.25) is 0 Å². The lowest BCUT2D eigenvalue weighted by atomic mass is 9.92. The van der Waals surface area contributed by atoms with Crippen molar-refractivity contribution in [3.8, 4) is 17.9 Å². The lowest BCUT2D eigenvalue weighted by Gasteiger charge is -2.23. The van der Waals surface area contributed by atoms with Gasteiger partial charge in [-0.25, -0.2) is 13.7 Å². The van der Waals surface area contributed by atoms with Crippen LogP contribution < -0.4 is 11.1 Å². The third kappa shape index (κ3) is 9.35. The van der Waals surface area contributed by atoms with Gasteiger partial charge >= 0.3 is 23.5 Å². The quantitative estimate of drug-likeness (QED) is 0.0607. The number of phosphoric acid groups is 3. The van der Waals surface area contributed by atoms with Crippen LogP contribution in [0.15, 0.2) is 24.0 Å². The Kier molecular flexibility index (Phi) is 10.3. The summed E-state index contributed by atoms with van der Waals surface area (Å²) < 4.78 is 57.1. The lowest BCUT2D eigenvalue weighted by molar-refractivity contribution is -0.134. The highest BCUT2D eigenvalue weighted by atomic mass is 31.3. The third-order valence-corrected chi connectivity index (χ3v) is 8.10. The van der Waals surface area contributed by atoms with Gasteiger partial charge in [0.1, 0.15) is 12.2 Å². The Labute approximate surface area is 203 Å². The first-order valence-corrected chi connectivity index (χ1v) is 14.1. The maximum Gasteiger partial charge on any atom is 0.490 e. The van der Waals surface area contributed by atoms with Gasteiger partial charge in [-0.05, 0) is 6.08 Å². The number of nitrogens with two attached hydrogens (primary N) is 1. The third-order valence-electron chi connectivity index (χ3n) is 4.30. The zero-order chi connectivity index (χ0) is 27.1. The molecule has 0 aliphatic carbocycles. The molecule has 0 aromatic rings. The Bertz CT molecular complexity index is 1180. The van der Waals surface area contributed by atoms with E-state index in [9.17, 15) is 33.1 Å². The molecule has 17 nitrogen and oxygen atoms in total. The number of imide groups is 1. The van der Waals surface area contributed by atoms with Crippen molar-refractivity contribution in [1.82, 2.24) is 5.32 Å². The average Bonchev–Trinajstić information content (AvgIpc) is 3.12. The standard InChI is InChI=1S/C16H20N3O14P3/c17-4-1-3-10-7-11(16(21)19-15(10)20)12-8-13(29-6-2-5-18)14(31-12)9-30-35(25,26)33-36(27,28)32-34(22,23)24/h2,6-7,11-14H,4,8-9,17H2,(H,25,26)(H,27,28)(H,19,20,21)(H2,22,23,24)/b6-2+/t11?,12-,13+,14-/m1/s1. The minimum Gasteiger partial charge on any atom is -0.494 e. The first-order valence-electron chi connectivity index (χ1n) is 9.56. The molecule has 1 fully saturated rings. The Hall–Kier alpha value is -2.20. The Morgan fingerprint density at radius 1 is 1.19 bits per heavy atom. The highest BCUT2D eigenvalue weighted by Gasteiger charge is 2.46. The van der Waals surface area contributed by atoms with Crippen LogP contribution in [0.3, 0.4) is 0 Å². The maximum atomic E-state index is 12.4. The molecule has 20 heteroatoms. The van der Waals surface area contributed by atoms with Gasteiger partial charge in [-0.3, -0.25) is 19.4 Å². The number of hydrogen-bond donors (Lipinski definition) is 6. The SMILES string of the molecule is N#C/C=C/O[C@H]1C[C@H](C2C=C(C#CCN)C(=O)NC2=O)O[C@@H]1COP(=O)(O)OP(=O)(O)OP(=O)(O)O. The molecule has 3 unspecified atom stereocenters. The number of nitrogens with zero attached hydrogens (tertiary/aromatic N) is 1. The van der Waals surface area contributed by atoms with Crippen molar-refractivity contribution >= 4 is 35.3 Å². The van der Waals surface area contributed by atoms with Crippen molar-refractivity contribution in [3.05, 3.63) is 24.0 Å². The van der Waals surface area contributed by atoms with Crippen molar-refractivity contribution in [3.63, 3.8) is 0 Å².